The van der Waals surface area contributed by atoms with E-state index in [0.717, 1.165) is 6.54 Å². The van der Waals surface area contributed by atoms with Crippen LogP contribution in [0, 0.1) is 0 Å². The van der Waals surface area contributed by atoms with Crippen molar-refractivity contribution in [1.82, 2.24) is 5.32 Å². The molecule has 0 radical (unpaired) electrons. The molecule has 3 saturated heterocycles. The first-order valence-electron chi connectivity index (χ1n) is 5.03. The molecule has 3 rings (SSSR count). The molecular formula is C9H15ClN2O2. The summed E-state index contributed by atoms with van der Waals surface area (Å²) in [6, 6.07) is 0.842. The van der Waals surface area contributed by atoms with Crippen molar-refractivity contribution in [2.45, 2.75) is 37.6 Å². The Balaban J connectivity index is 0.000000750. The van der Waals surface area contributed by atoms with Gasteiger partial charge in [0.1, 0.15) is 30.8 Å². The average Bonchev–Trinajstić information content (AvgIpc) is 2.60. The Labute approximate surface area is 89.4 Å². The summed E-state index contributed by atoms with van der Waals surface area (Å²) in [5, 5.41) is 3.02. The molecule has 2 bridgehead atoms. The van der Waals surface area contributed by atoms with Crippen molar-refractivity contribution in [3.05, 3.63) is 0 Å². The molecule has 4 nitrogen and oxygen atoms in total. The van der Waals surface area contributed by atoms with E-state index in [9.17, 15) is 4.79 Å². The lowest BCUT2D eigenvalue weighted by molar-refractivity contribution is -0.907. The first kappa shape index (κ1) is 10.2. The second kappa shape index (κ2) is 3.36. The van der Waals surface area contributed by atoms with Crippen LogP contribution < -0.4 is 22.6 Å². The molecule has 3 aliphatic heterocycles. The van der Waals surface area contributed by atoms with Crippen molar-refractivity contribution in [2.24, 2.45) is 0 Å². The summed E-state index contributed by atoms with van der Waals surface area (Å²) in [4.78, 5) is 12.6. The first-order chi connectivity index (χ1) is 6.25. The number of fused-ring (bicyclic) bond motifs is 1. The van der Waals surface area contributed by atoms with Gasteiger partial charge in [0.05, 0.1) is 6.54 Å². The minimum Gasteiger partial charge on any atom is -1.00 e. The van der Waals surface area contributed by atoms with Gasteiger partial charge in [0.15, 0.2) is 0 Å². The van der Waals surface area contributed by atoms with Crippen LogP contribution in [0.25, 0.3) is 0 Å². The van der Waals surface area contributed by atoms with Gasteiger partial charge in [0, 0.05) is 13.3 Å². The molecule has 3 heterocycles. The van der Waals surface area contributed by atoms with Crippen LogP contribution in [0.1, 0.15) is 13.3 Å². The summed E-state index contributed by atoms with van der Waals surface area (Å²) >= 11 is 0. The normalized spacial score (nSPS) is 47.6. The summed E-state index contributed by atoms with van der Waals surface area (Å²) in [5.74, 6) is 0.0763. The fraction of sp³-hybridized carbons (Fsp3) is 0.889. The standard InChI is InChI=1S/C9H14N2O2.ClH/c1-5(12)10-8-7-4-11-3-2-6(13-7)9(8)11;/h6-9H,2-4H2,1H3,(H,10,12);1H. The Morgan fingerprint density at radius 1 is 1.50 bits per heavy atom. The number of hydrogen-bond acceptors (Lipinski definition) is 2. The van der Waals surface area contributed by atoms with E-state index in [1.165, 1.54) is 13.0 Å². The number of morpholine rings is 1. The molecular weight excluding hydrogens is 204 g/mol. The van der Waals surface area contributed by atoms with E-state index in [1.807, 2.05) is 0 Å². The van der Waals surface area contributed by atoms with Gasteiger partial charge in [-0.2, -0.15) is 0 Å². The van der Waals surface area contributed by atoms with Crippen LogP contribution in [0.2, 0.25) is 0 Å². The zero-order valence-electron chi connectivity index (χ0n) is 8.13. The Kier molecular flexibility index (Phi) is 2.45. The van der Waals surface area contributed by atoms with E-state index in [0.29, 0.717) is 18.2 Å². The molecule has 3 fully saturated rings. The van der Waals surface area contributed by atoms with Crippen molar-refractivity contribution >= 4 is 5.91 Å². The first-order valence-corrected chi connectivity index (χ1v) is 5.03. The van der Waals surface area contributed by atoms with Crippen LogP contribution in [0.15, 0.2) is 0 Å². The van der Waals surface area contributed by atoms with Gasteiger partial charge < -0.3 is 27.4 Å². The number of ether oxygens (including phenoxy) is 1. The Hall–Kier alpha value is -0.320. The predicted octanol–water partition coefficient (Wildman–Crippen LogP) is -5.07. The number of nitrogens with one attached hydrogen (secondary N) is 2. The number of carbonyl (C=O) groups is 1. The van der Waals surface area contributed by atoms with Gasteiger partial charge in [-0.25, -0.2) is 0 Å². The third-order valence-electron chi connectivity index (χ3n) is 3.59. The molecule has 80 valence electrons. The Bertz CT molecular complexity index is 247. The molecule has 5 unspecified atom stereocenters. The lowest BCUT2D eigenvalue weighted by Crippen LogP contribution is -3.13. The molecule has 1 amide bonds. The van der Waals surface area contributed by atoms with Crippen molar-refractivity contribution < 1.29 is 26.8 Å². The smallest absolute Gasteiger partial charge is 0.217 e. The van der Waals surface area contributed by atoms with Gasteiger partial charge in [0.2, 0.25) is 5.91 Å². The fourth-order valence-electron chi connectivity index (χ4n) is 3.20. The summed E-state index contributed by atoms with van der Waals surface area (Å²) in [5.41, 5.74) is 0. The third-order valence-corrected chi connectivity index (χ3v) is 3.59. The minimum absolute atomic E-state index is 0. The second-order valence-electron chi connectivity index (χ2n) is 4.37. The van der Waals surface area contributed by atoms with Gasteiger partial charge in [0.25, 0.3) is 0 Å². The zero-order valence-corrected chi connectivity index (χ0v) is 8.88. The highest BCUT2D eigenvalue weighted by Crippen LogP contribution is 2.28. The number of quaternary nitrogens is 1. The molecule has 0 saturated carbocycles. The van der Waals surface area contributed by atoms with E-state index in [2.05, 4.69) is 5.32 Å². The molecule has 0 aromatic rings. The molecule has 5 heteroatoms. The van der Waals surface area contributed by atoms with Gasteiger partial charge in [-0.3, -0.25) is 4.79 Å². The number of rotatable bonds is 1. The quantitative estimate of drug-likeness (QED) is 0.463. The number of hydrogen-bond donors (Lipinski definition) is 2. The van der Waals surface area contributed by atoms with Crippen molar-refractivity contribution in [3.63, 3.8) is 0 Å². The summed E-state index contributed by atoms with van der Waals surface area (Å²) in [6.07, 6.45) is 1.88. The third kappa shape index (κ3) is 1.25. The number of carbonyl (C=O) groups excluding carboxylic acids is 1. The van der Waals surface area contributed by atoms with Gasteiger partial charge in [-0.1, -0.05) is 0 Å². The zero-order chi connectivity index (χ0) is 9.00. The van der Waals surface area contributed by atoms with E-state index < -0.39 is 0 Å². The van der Waals surface area contributed by atoms with Crippen molar-refractivity contribution in [3.8, 4) is 0 Å². The van der Waals surface area contributed by atoms with Crippen LogP contribution in [-0.4, -0.2) is 43.3 Å². The lowest BCUT2D eigenvalue weighted by Gasteiger charge is -2.18. The van der Waals surface area contributed by atoms with Gasteiger partial charge in [-0.15, -0.1) is 0 Å². The van der Waals surface area contributed by atoms with Gasteiger partial charge >= 0.3 is 0 Å². The SMILES string of the molecule is CC(=O)NC1C2C[NH+]3CCC(O2)C13.[Cl-]. The Morgan fingerprint density at radius 3 is 2.93 bits per heavy atom. The maximum atomic E-state index is 11.0. The number of halogens is 1. The molecule has 14 heavy (non-hydrogen) atoms. The van der Waals surface area contributed by atoms with Gasteiger partial charge in [-0.05, 0) is 0 Å². The molecule has 3 aliphatic rings. The molecule has 2 N–H and O–H groups in total. The van der Waals surface area contributed by atoms with Crippen molar-refractivity contribution in [1.29, 1.82) is 0 Å². The second-order valence-corrected chi connectivity index (χ2v) is 4.37. The Morgan fingerprint density at radius 2 is 2.29 bits per heavy atom. The maximum absolute atomic E-state index is 11.0. The minimum atomic E-state index is 0. The highest BCUT2D eigenvalue weighted by Gasteiger charge is 2.61. The van der Waals surface area contributed by atoms with Crippen LogP contribution in [-0.2, 0) is 9.53 Å². The molecule has 0 aliphatic carbocycles. The van der Waals surface area contributed by atoms with Crippen molar-refractivity contribution in [2.75, 3.05) is 13.1 Å². The van der Waals surface area contributed by atoms with E-state index in [-0.39, 0.29) is 24.4 Å². The van der Waals surface area contributed by atoms with E-state index in [1.54, 1.807) is 11.8 Å². The van der Waals surface area contributed by atoms with Crippen LogP contribution in [0.5, 0.6) is 0 Å². The van der Waals surface area contributed by atoms with Crippen LogP contribution in [0.4, 0.5) is 0 Å². The summed E-state index contributed by atoms with van der Waals surface area (Å²) < 4.78 is 5.83. The monoisotopic (exact) mass is 218 g/mol. The molecule has 0 aromatic carbocycles. The lowest BCUT2D eigenvalue weighted by atomic mass is 10.1. The fourth-order valence-corrected chi connectivity index (χ4v) is 3.20. The summed E-state index contributed by atoms with van der Waals surface area (Å²) in [6.45, 7) is 3.90. The highest BCUT2D eigenvalue weighted by atomic mass is 35.5. The molecule has 0 aromatic heterocycles. The highest BCUT2D eigenvalue weighted by molar-refractivity contribution is 5.73. The topological polar surface area (TPSA) is 42.8 Å². The molecule has 0 spiro atoms. The van der Waals surface area contributed by atoms with Crippen LogP contribution in [0.3, 0.4) is 0 Å². The largest absolute Gasteiger partial charge is 1.00 e. The van der Waals surface area contributed by atoms with Crippen LogP contribution >= 0.6 is 0 Å². The molecule has 5 atom stereocenters. The van der Waals surface area contributed by atoms with E-state index >= 15 is 0 Å². The summed E-state index contributed by atoms with van der Waals surface area (Å²) in [7, 11) is 0. The van der Waals surface area contributed by atoms with E-state index in [4.69, 9.17) is 4.74 Å². The maximum Gasteiger partial charge on any atom is 0.217 e. The average molecular weight is 219 g/mol. The number of amides is 1. The predicted molar refractivity (Wildman–Crippen MR) is 45.4 cm³/mol.